The molecule has 0 spiro atoms. The van der Waals surface area contributed by atoms with Gasteiger partial charge in [-0.2, -0.15) is 5.10 Å². The second-order valence-electron chi connectivity index (χ2n) is 5.91. The standard InChI is InChI=1S/C15H23N5/c1-11(2)20-15-13(9-19-20)6-14(10-18-15)17-8-12-4-3-5-16-7-12/h6,9-12,16-17H,3-5,7-8H2,1-2H3. The topological polar surface area (TPSA) is 54.8 Å². The van der Waals surface area contributed by atoms with Crippen molar-refractivity contribution in [1.29, 1.82) is 0 Å². The number of piperidine rings is 1. The number of aromatic nitrogens is 3. The van der Waals surface area contributed by atoms with Crippen molar-refractivity contribution in [2.24, 2.45) is 5.92 Å². The SMILES string of the molecule is CC(C)n1ncc2cc(NCC3CCCNC3)cnc21. The van der Waals surface area contributed by atoms with Crippen molar-refractivity contribution in [2.45, 2.75) is 32.7 Å². The zero-order valence-electron chi connectivity index (χ0n) is 12.3. The van der Waals surface area contributed by atoms with Gasteiger partial charge < -0.3 is 10.6 Å². The van der Waals surface area contributed by atoms with Gasteiger partial charge in [0.05, 0.1) is 18.1 Å². The minimum Gasteiger partial charge on any atom is -0.383 e. The lowest BCUT2D eigenvalue weighted by Crippen LogP contribution is -2.33. The first-order valence-electron chi connectivity index (χ1n) is 7.52. The fourth-order valence-corrected chi connectivity index (χ4v) is 2.78. The predicted octanol–water partition coefficient (Wildman–Crippen LogP) is 2.42. The second-order valence-corrected chi connectivity index (χ2v) is 5.91. The molecule has 0 aromatic carbocycles. The van der Waals surface area contributed by atoms with E-state index in [4.69, 9.17) is 0 Å². The maximum atomic E-state index is 4.55. The number of nitrogens with one attached hydrogen (secondary N) is 2. The monoisotopic (exact) mass is 273 g/mol. The van der Waals surface area contributed by atoms with Crippen LogP contribution in [0.25, 0.3) is 11.0 Å². The molecule has 5 nitrogen and oxygen atoms in total. The average molecular weight is 273 g/mol. The van der Waals surface area contributed by atoms with Crippen molar-refractivity contribution < 1.29 is 0 Å². The molecule has 0 bridgehead atoms. The molecule has 1 saturated heterocycles. The van der Waals surface area contributed by atoms with Crippen LogP contribution < -0.4 is 10.6 Å². The summed E-state index contributed by atoms with van der Waals surface area (Å²) < 4.78 is 1.96. The van der Waals surface area contributed by atoms with E-state index in [9.17, 15) is 0 Å². The van der Waals surface area contributed by atoms with E-state index in [1.54, 1.807) is 0 Å². The third-order valence-corrected chi connectivity index (χ3v) is 3.92. The Labute approximate surface area is 119 Å². The molecule has 0 saturated carbocycles. The molecule has 1 fully saturated rings. The van der Waals surface area contributed by atoms with Crippen LogP contribution in [0, 0.1) is 5.92 Å². The lowest BCUT2D eigenvalue weighted by molar-refractivity contribution is 0.393. The Morgan fingerprint density at radius 1 is 1.45 bits per heavy atom. The molecule has 3 rings (SSSR count). The summed E-state index contributed by atoms with van der Waals surface area (Å²) in [6, 6.07) is 2.48. The summed E-state index contributed by atoms with van der Waals surface area (Å²) in [5, 5.41) is 12.5. The van der Waals surface area contributed by atoms with Crippen molar-refractivity contribution in [1.82, 2.24) is 20.1 Å². The first kappa shape index (κ1) is 13.4. The first-order chi connectivity index (χ1) is 9.74. The van der Waals surface area contributed by atoms with E-state index in [1.165, 1.54) is 19.4 Å². The van der Waals surface area contributed by atoms with Crippen LogP contribution in [0.15, 0.2) is 18.5 Å². The molecule has 2 aromatic heterocycles. The third kappa shape index (κ3) is 2.77. The number of rotatable bonds is 4. The Kier molecular flexibility index (Phi) is 3.87. The van der Waals surface area contributed by atoms with Crippen LogP contribution in [0.1, 0.15) is 32.7 Å². The summed E-state index contributed by atoms with van der Waals surface area (Å²) >= 11 is 0. The fraction of sp³-hybridized carbons (Fsp3) is 0.600. The Bertz CT molecular complexity index is 569. The minimum atomic E-state index is 0.340. The summed E-state index contributed by atoms with van der Waals surface area (Å²) in [7, 11) is 0. The van der Waals surface area contributed by atoms with Gasteiger partial charge in [0.15, 0.2) is 5.65 Å². The van der Waals surface area contributed by atoms with Crippen LogP contribution in [-0.4, -0.2) is 34.4 Å². The van der Waals surface area contributed by atoms with Crippen LogP contribution >= 0.6 is 0 Å². The fourth-order valence-electron chi connectivity index (χ4n) is 2.78. The molecular formula is C15H23N5. The van der Waals surface area contributed by atoms with Gasteiger partial charge >= 0.3 is 0 Å². The number of pyridine rings is 1. The summed E-state index contributed by atoms with van der Waals surface area (Å²) in [5.74, 6) is 0.720. The van der Waals surface area contributed by atoms with E-state index in [-0.39, 0.29) is 0 Å². The highest BCUT2D eigenvalue weighted by molar-refractivity contribution is 5.78. The molecule has 2 aromatic rings. The van der Waals surface area contributed by atoms with Crippen LogP contribution in [0.4, 0.5) is 5.69 Å². The molecular weight excluding hydrogens is 250 g/mol. The minimum absolute atomic E-state index is 0.340. The molecule has 5 heteroatoms. The van der Waals surface area contributed by atoms with Crippen molar-refractivity contribution in [3.8, 4) is 0 Å². The number of fused-ring (bicyclic) bond motifs is 1. The molecule has 0 radical (unpaired) electrons. The maximum Gasteiger partial charge on any atom is 0.158 e. The maximum absolute atomic E-state index is 4.55. The molecule has 108 valence electrons. The summed E-state index contributed by atoms with van der Waals surface area (Å²) in [6.07, 6.45) is 6.40. The van der Waals surface area contributed by atoms with Crippen LogP contribution in [-0.2, 0) is 0 Å². The highest BCUT2D eigenvalue weighted by Crippen LogP contribution is 2.19. The van der Waals surface area contributed by atoms with E-state index >= 15 is 0 Å². The molecule has 3 heterocycles. The molecule has 1 aliphatic rings. The van der Waals surface area contributed by atoms with Gasteiger partial charge in [-0.1, -0.05) is 0 Å². The zero-order chi connectivity index (χ0) is 13.9. The van der Waals surface area contributed by atoms with Gasteiger partial charge in [-0.15, -0.1) is 0 Å². The van der Waals surface area contributed by atoms with Gasteiger partial charge in [0, 0.05) is 18.0 Å². The largest absolute Gasteiger partial charge is 0.383 e. The van der Waals surface area contributed by atoms with E-state index < -0.39 is 0 Å². The van der Waals surface area contributed by atoms with Gasteiger partial charge in [0.25, 0.3) is 0 Å². The lowest BCUT2D eigenvalue weighted by atomic mass is 10.00. The Balaban J connectivity index is 1.69. The molecule has 0 aliphatic carbocycles. The summed E-state index contributed by atoms with van der Waals surface area (Å²) in [6.45, 7) is 7.54. The first-order valence-corrected chi connectivity index (χ1v) is 7.52. The highest BCUT2D eigenvalue weighted by Gasteiger charge is 2.13. The molecule has 1 aliphatic heterocycles. The predicted molar refractivity (Wildman–Crippen MR) is 82.0 cm³/mol. The molecule has 1 atom stereocenters. The van der Waals surface area contributed by atoms with Crippen molar-refractivity contribution in [3.05, 3.63) is 18.5 Å². The van der Waals surface area contributed by atoms with Gasteiger partial charge in [-0.3, -0.25) is 0 Å². The normalized spacial score (nSPS) is 19.6. The number of hydrogen-bond donors (Lipinski definition) is 2. The second kappa shape index (κ2) is 5.79. The van der Waals surface area contributed by atoms with Crippen molar-refractivity contribution in [3.63, 3.8) is 0 Å². The van der Waals surface area contributed by atoms with Crippen LogP contribution in [0.5, 0.6) is 0 Å². The lowest BCUT2D eigenvalue weighted by Gasteiger charge is -2.23. The van der Waals surface area contributed by atoms with Gasteiger partial charge in [-0.05, 0) is 51.8 Å². The quantitative estimate of drug-likeness (QED) is 0.898. The Hall–Kier alpha value is -1.62. The highest BCUT2D eigenvalue weighted by atomic mass is 15.3. The summed E-state index contributed by atoms with van der Waals surface area (Å²) in [4.78, 5) is 4.55. The Morgan fingerprint density at radius 3 is 3.10 bits per heavy atom. The molecule has 1 unspecified atom stereocenters. The molecule has 0 amide bonds. The third-order valence-electron chi connectivity index (χ3n) is 3.92. The van der Waals surface area contributed by atoms with E-state index in [0.717, 1.165) is 35.7 Å². The van der Waals surface area contributed by atoms with Gasteiger partial charge in [0.1, 0.15) is 0 Å². The number of hydrogen-bond acceptors (Lipinski definition) is 4. The number of anilines is 1. The zero-order valence-corrected chi connectivity index (χ0v) is 12.3. The van der Waals surface area contributed by atoms with Crippen molar-refractivity contribution in [2.75, 3.05) is 25.0 Å². The average Bonchev–Trinajstić information content (AvgIpc) is 2.89. The van der Waals surface area contributed by atoms with E-state index in [0.29, 0.717) is 6.04 Å². The van der Waals surface area contributed by atoms with E-state index in [2.05, 4.69) is 40.6 Å². The van der Waals surface area contributed by atoms with Crippen LogP contribution in [0.3, 0.4) is 0 Å². The van der Waals surface area contributed by atoms with Gasteiger partial charge in [-0.25, -0.2) is 9.67 Å². The van der Waals surface area contributed by atoms with Crippen LogP contribution in [0.2, 0.25) is 0 Å². The van der Waals surface area contributed by atoms with E-state index in [1.807, 2.05) is 17.1 Å². The molecule has 2 N–H and O–H groups in total. The molecule has 20 heavy (non-hydrogen) atoms. The smallest absolute Gasteiger partial charge is 0.158 e. The number of nitrogens with zero attached hydrogens (tertiary/aromatic N) is 3. The summed E-state index contributed by atoms with van der Waals surface area (Å²) in [5.41, 5.74) is 2.05. The Morgan fingerprint density at radius 2 is 2.35 bits per heavy atom. The van der Waals surface area contributed by atoms with Gasteiger partial charge in [0.2, 0.25) is 0 Å². The van der Waals surface area contributed by atoms with Crippen molar-refractivity contribution >= 4 is 16.7 Å².